The van der Waals surface area contributed by atoms with Crippen molar-refractivity contribution < 1.29 is 34.8 Å². The molecule has 4 N–H and O–H groups in total. The molecule has 0 aromatic rings. The van der Waals surface area contributed by atoms with Gasteiger partial charge in [0.2, 0.25) is 0 Å². The summed E-state index contributed by atoms with van der Waals surface area (Å²) >= 11 is 0. The van der Waals surface area contributed by atoms with E-state index in [1.807, 2.05) is 0 Å². The number of unbranched alkanes of at least 4 members (excludes halogenated alkanes) is 8. The summed E-state index contributed by atoms with van der Waals surface area (Å²) in [6.07, 6.45) is 14.1. The molecule has 4 atom stereocenters. The number of aliphatic hydroxyl groups is 4. The number of rotatable bonds is 20. The van der Waals surface area contributed by atoms with Gasteiger partial charge in [0.15, 0.2) is 6.29 Å². The first-order chi connectivity index (χ1) is 14.9. The molecule has 0 heterocycles. The summed E-state index contributed by atoms with van der Waals surface area (Å²) in [6, 6.07) is 0. The van der Waals surface area contributed by atoms with Gasteiger partial charge in [0.25, 0.3) is 0 Å². The monoisotopic (exact) mass is 442 g/mol. The van der Waals surface area contributed by atoms with Crippen LogP contribution in [0, 0.1) is 0 Å². The molecule has 0 amide bonds. The molecule has 0 aromatic heterocycles. The standard InChI is InChI=1S/C24H42O7/c1-2-3-4-5-6-7-8-9-10-11-12-13-14-15-16-17-22(28)31-19-21(27)24(30)23(29)20(26)18-25/h6-7,9-10,18,20-21,23-24,26-27,29-30H,2-5,8,11-17,19H2,1H3/t20-,21+,23+,24+/m0/s1. The van der Waals surface area contributed by atoms with E-state index in [1.165, 1.54) is 25.7 Å². The molecule has 0 saturated carbocycles. The largest absolute Gasteiger partial charge is 0.463 e. The summed E-state index contributed by atoms with van der Waals surface area (Å²) in [7, 11) is 0. The van der Waals surface area contributed by atoms with Crippen LogP contribution in [0.25, 0.3) is 0 Å². The number of hydrogen-bond donors (Lipinski definition) is 4. The average Bonchev–Trinajstić information content (AvgIpc) is 2.78. The fraction of sp³-hybridized carbons (Fsp3) is 0.750. The summed E-state index contributed by atoms with van der Waals surface area (Å²) in [4.78, 5) is 22.0. The van der Waals surface area contributed by atoms with E-state index in [9.17, 15) is 24.9 Å². The number of aliphatic hydroxyl groups excluding tert-OH is 4. The van der Waals surface area contributed by atoms with Crippen LogP contribution >= 0.6 is 0 Å². The Labute approximate surface area is 186 Å². The Morgan fingerprint density at radius 3 is 2.00 bits per heavy atom. The maximum atomic E-state index is 11.7. The molecule has 0 aliphatic rings. The number of hydrogen-bond acceptors (Lipinski definition) is 7. The van der Waals surface area contributed by atoms with E-state index in [0.717, 1.165) is 38.5 Å². The van der Waals surface area contributed by atoms with Crippen molar-refractivity contribution in [2.24, 2.45) is 0 Å². The van der Waals surface area contributed by atoms with E-state index in [2.05, 4.69) is 31.2 Å². The maximum absolute atomic E-state index is 11.7. The Balaban J connectivity index is 3.61. The first-order valence-electron chi connectivity index (χ1n) is 11.6. The van der Waals surface area contributed by atoms with Crippen molar-refractivity contribution in [1.82, 2.24) is 0 Å². The van der Waals surface area contributed by atoms with Crippen molar-refractivity contribution in [3.05, 3.63) is 24.3 Å². The van der Waals surface area contributed by atoms with Crippen LogP contribution in [-0.2, 0) is 14.3 Å². The minimum absolute atomic E-state index is 0.0523. The van der Waals surface area contributed by atoms with Gasteiger partial charge in [-0.05, 0) is 38.5 Å². The molecular weight excluding hydrogens is 400 g/mol. The average molecular weight is 443 g/mol. The lowest BCUT2D eigenvalue weighted by atomic mass is 10.0. The lowest BCUT2D eigenvalue weighted by Gasteiger charge is -2.23. The molecule has 0 aliphatic carbocycles. The van der Waals surface area contributed by atoms with Gasteiger partial charge >= 0.3 is 5.97 Å². The van der Waals surface area contributed by atoms with E-state index in [0.29, 0.717) is 6.42 Å². The van der Waals surface area contributed by atoms with Gasteiger partial charge in [0.05, 0.1) is 0 Å². The lowest BCUT2D eigenvalue weighted by molar-refractivity contribution is -0.156. The Kier molecular flexibility index (Phi) is 19.4. The molecule has 0 unspecified atom stereocenters. The van der Waals surface area contributed by atoms with Crippen LogP contribution in [0.4, 0.5) is 0 Å². The zero-order chi connectivity index (χ0) is 23.3. The van der Waals surface area contributed by atoms with Crippen LogP contribution in [0.15, 0.2) is 24.3 Å². The van der Waals surface area contributed by atoms with Crippen molar-refractivity contribution in [3.63, 3.8) is 0 Å². The zero-order valence-corrected chi connectivity index (χ0v) is 18.9. The number of carbonyl (C=O) groups excluding carboxylic acids is 2. The first-order valence-corrected chi connectivity index (χ1v) is 11.6. The van der Waals surface area contributed by atoms with Crippen molar-refractivity contribution in [3.8, 4) is 0 Å². The summed E-state index contributed by atoms with van der Waals surface area (Å²) < 4.78 is 4.86. The molecule has 7 heteroatoms. The molecule has 0 aromatic carbocycles. The highest BCUT2D eigenvalue weighted by Crippen LogP contribution is 2.10. The third kappa shape index (κ3) is 16.8. The highest BCUT2D eigenvalue weighted by Gasteiger charge is 2.30. The Morgan fingerprint density at radius 1 is 0.806 bits per heavy atom. The molecule has 31 heavy (non-hydrogen) atoms. The van der Waals surface area contributed by atoms with Crippen LogP contribution < -0.4 is 0 Å². The number of aldehydes is 1. The number of allylic oxidation sites excluding steroid dienone is 4. The quantitative estimate of drug-likeness (QED) is 0.0989. The SMILES string of the molecule is CCCCCC=CCC=CCCCCCCCC(=O)OC[C@@H](O)[C@@H](O)[C@H](O)[C@@H](O)C=O. The highest BCUT2D eigenvalue weighted by atomic mass is 16.5. The van der Waals surface area contributed by atoms with E-state index >= 15 is 0 Å². The van der Waals surface area contributed by atoms with Crippen molar-refractivity contribution >= 4 is 12.3 Å². The molecule has 0 rings (SSSR count). The van der Waals surface area contributed by atoms with Gasteiger partial charge in [0.1, 0.15) is 31.0 Å². The van der Waals surface area contributed by atoms with Crippen LogP contribution in [0.3, 0.4) is 0 Å². The lowest BCUT2D eigenvalue weighted by Crippen LogP contribution is -2.46. The Hall–Kier alpha value is -1.54. The molecule has 0 aliphatic heterocycles. The van der Waals surface area contributed by atoms with Gasteiger partial charge in [-0.3, -0.25) is 4.79 Å². The molecule has 0 spiro atoms. The van der Waals surface area contributed by atoms with Gasteiger partial charge in [-0.1, -0.05) is 63.3 Å². The second-order valence-corrected chi connectivity index (χ2v) is 7.84. The highest BCUT2D eigenvalue weighted by molar-refractivity contribution is 5.69. The van der Waals surface area contributed by atoms with Crippen LogP contribution in [0.5, 0.6) is 0 Å². The minimum Gasteiger partial charge on any atom is -0.463 e. The molecule has 0 saturated heterocycles. The van der Waals surface area contributed by atoms with E-state index in [4.69, 9.17) is 9.84 Å². The van der Waals surface area contributed by atoms with Crippen LogP contribution in [0.1, 0.15) is 84.0 Å². The van der Waals surface area contributed by atoms with Gasteiger partial charge < -0.3 is 30.0 Å². The Bertz CT molecular complexity index is 504. The molecular formula is C24H42O7. The topological polar surface area (TPSA) is 124 Å². The summed E-state index contributed by atoms with van der Waals surface area (Å²) in [6.45, 7) is 1.70. The molecule has 7 nitrogen and oxygen atoms in total. The van der Waals surface area contributed by atoms with Gasteiger partial charge in [-0.2, -0.15) is 0 Å². The predicted octanol–water partition coefficient (Wildman–Crippen LogP) is 2.99. The van der Waals surface area contributed by atoms with Crippen LogP contribution in [-0.4, -0.2) is 63.7 Å². The normalized spacial score (nSPS) is 15.8. The fourth-order valence-electron chi connectivity index (χ4n) is 2.94. The summed E-state index contributed by atoms with van der Waals surface area (Å²) in [5, 5.41) is 37.8. The smallest absolute Gasteiger partial charge is 0.305 e. The molecule has 0 radical (unpaired) electrons. The van der Waals surface area contributed by atoms with Gasteiger partial charge in [0, 0.05) is 6.42 Å². The van der Waals surface area contributed by atoms with Gasteiger partial charge in [-0.25, -0.2) is 0 Å². The third-order valence-corrected chi connectivity index (χ3v) is 4.98. The van der Waals surface area contributed by atoms with E-state index in [1.54, 1.807) is 0 Å². The number of ether oxygens (including phenoxy) is 1. The minimum atomic E-state index is -1.84. The van der Waals surface area contributed by atoms with Gasteiger partial charge in [-0.15, -0.1) is 0 Å². The molecule has 180 valence electrons. The zero-order valence-electron chi connectivity index (χ0n) is 18.9. The fourth-order valence-corrected chi connectivity index (χ4v) is 2.94. The Morgan fingerprint density at radius 2 is 1.39 bits per heavy atom. The van der Waals surface area contributed by atoms with Crippen molar-refractivity contribution in [2.75, 3.05) is 6.61 Å². The predicted molar refractivity (Wildman–Crippen MR) is 120 cm³/mol. The summed E-state index contributed by atoms with van der Waals surface area (Å²) in [5.41, 5.74) is 0. The molecule has 0 bridgehead atoms. The second kappa shape index (κ2) is 20.4. The third-order valence-electron chi connectivity index (χ3n) is 4.98. The second-order valence-electron chi connectivity index (χ2n) is 7.84. The number of esters is 1. The summed E-state index contributed by atoms with van der Waals surface area (Å²) in [5.74, 6) is -0.498. The van der Waals surface area contributed by atoms with Crippen LogP contribution in [0.2, 0.25) is 0 Å². The van der Waals surface area contributed by atoms with E-state index in [-0.39, 0.29) is 12.7 Å². The van der Waals surface area contributed by atoms with Crippen molar-refractivity contribution in [1.29, 1.82) is 0 Å². The first kappa shape index (κ1) is 29.5. The number of carbonyl (C=O) groups is 2. The molecule has 0 fully saturated rings. The maximum Gasteiger partial charge on any atom is 0.305 e. The van der Waals surface area contributed by atoms with E-state index < -0.39 is 37.0 Å². The van der Waals surface area contributed by atoms with Crippen molar-refractivity contribution in [2.45, 2.75) is 108 Å².